The molecule has 0 fully saturated rings. The van der Waals surface area contributed by atoms with Crippen LogP contribution in [0.4, 0.5) is 26.3 Å². The lowest BCUT2D eigenvalue weighted by atomic mass is 9.80. The summed E-state index contributed by atoms with van der Waals surface area (Å²) in [4.78, 5) is 0. The Hall–Kier alpha value is -1.71. The van der Waals surface area contributed by atoms with Crippen LogP contribution in [0.15, 0.2) is 30.3 Å². The molecule has 0 saturated carbocycles. The second-order valence-corrected chi connectivity index (χ2v) is 3.22. The van der Waals surface area contributed by atoms with Crippen molar-refractivity contribution in [2.75, 3.05) is 0 Å². The van der Waals surface area contributed by atoms with Gasteiger partial charge in [-0.2, -0.15) is 31.6 Å². The fourth-order valence-electron chi connectivity index (χ4n) is 1.37. The Morgan fingerprint density at radius 3 is 1.53 bits per heavy atom. The average Bonchev–Trinajstić information content (AvgIpc) is 2.16. The van der Waals surface area contributed by atoms with Crippen molar-refractivity contribution in [1.82, 2.24) is 0 Å². The minimum absolute atomic E-state index is 0.362. The van der Waals surface area contributed by atoms with Crippen LogP contribution in [0.5, 0.6) is 0 Å². The van der Waals surface area contributed by atoms with Crippen molar-refractivity contribution in [3.63, 3.8) is 0 Å². The Bertz CT molecular complexity index is 411. The van der Waals surface area contributed by atoms with Gasteiger partial charge in [0.25, 0.3) is 5.41 Å². The molecule has 0 aliphatic heterocycles. The molecular weight excluding hydrogens is 248 g/mol. The van der Waals surface area contributed by atoms with Gasteiger partial charge in [0.05, 0.1) is 6.07 Å². The molecule has 92 valence electrons. The van der Waals surface area contributed by atoms with Gasteiger partial charge in [-0.1, -0.05) is 30.3 Å². The lowest BCUT2D eigenvalue weighted by Crippen LogP contribution is -2.52. The Morgan fingerprint density at radius 2 is 1.24 bits per heavy atom. The molecule has 0 saturated heterocycles. The number of alkyl halides is 6. The molecule has 7 heteroatoms. The first-order valence-corrected chi connectivity index (χ1v) is 4.27. The van der Waals surface area contributed by atoms with Crippen molar-refractivity contribution >= 4 is 0 Å². The molecule has 0 amide bonds. The molecule has 1 aromatic carbocycles. The molecule has 0 bridgehead atoms. The standard InChI is InChI=1S/C10H5F6N/c11-9(12,13)8(6-17,10(14,15)16)7-4-2-1-3-5-7/h1-5H. The van der Waals surface area contributed by atoms with Crippen LogP contribution in [-0.4, -0.2) is 12.4 Å². The van der Waals surface area contributed by atoms with Crippen molar-refractivity contribution in [2.24, 2.45) is 0 Å². The number of benzene rings is 1. The zero-order valence-corrected chi connectivity index (χ0v) is 8.10. The van der Waals surface area contributed by atoms with E-state index in [9.17, 15) is 26.3 Å². The lowest BCUT2D eigenvalue weighted by molar-refractivity contribution is -0.283. The smallest absolute Gasteiger partial charge is 0.197 e. The fourth-order valence-corrected chi connectivity index (χ4v) is 1.37. The maximum atomic E-state index is 12.6. The molecule has 0 aromatic heterocycles. The number of nitrogens with zero attached hydrogens (tertiary/aromatic N) is 1. The molecule has 0 heterocycles. The Balaban J connectivity index is 3.57. The first-order valence-electron chi connectivity index (χ1n) is 4.27. The van der Waals surface area contributed by atoms with E-state index in [1.54, 1.807) is 0 Å². The zero-order valence-electron chi connectivity index (χ0n) is 8.10. The molecule has 0 atom stereocenters. The van der Waals surface area contributed by atoms with Gasteiger partial charge < -0.3 is 0 Å². The van der Waals surface area contributed by atoms with Crippen molar-refractivity contribution < 1.29 is 26.3 Å². The maximum Gasteiger partial charge on any atom is 0.420 e. The van der Waals surface area contributed by atoms with Crippen LogP contribution in [0.1, 0.15) is 5.56 Å². The van der Waals surface area contributed by atoms with Gasteiger partial charge in [-0.15, -0.1) is 0 Å². The highest BCUT2D eigenvalue weighted by molar-refractivity contribution is 5.37. The van der Waals surface area contributed by atoms with Gasteiger partial charge in [-0.05, 0) is 5.56 Å². The van der Waals surface area contributed by atoms with E-state index in [2.05, 4.69) is 0 Å². The largest absolute Gasteiger partial charge is 0.420 e. The van der Waals surface area contributed by atoms with Gasteiger partial charge in [-0.25, -0.2) is 0 Å². The predicted molar refractivity (Wildman–Crippen MR) is 45.8 cm³/mol. The van der Waals surface area contributed by atoms with Crippen molar-refractivity contribution in [3.8, 4) is 6.07 Å². The molecule has 0 N–H and O–H groups in total. The third-order valence-electron chi connectivity index (χ3n) is 2.22. The van der Waals surface area contributed by atoms with Crippen LogP contribution in [0, 0.1) is 11.3 Å². The quantitative estimate of drug-likeness (QED) is 0.702. The van der Waals surface area contributed by atoms with E-state index in [0.717, 1.165) is 12.1 Å². The van der Waals surface area contributed by atoms with Gasteiger partial charge in [-0.3, -0.25) is 0 Å². The first kappa shape index (κ1) is 13.4. The second-order valence-electron chi connectivity index (χ2n) is 3.22. The molecule has 0 radical (unpaired) electrons. The van der Waals surface area contributed by atoms with Gasteiger partial charge in [0.2, 0.25) is 0 Å². The molecule has 0 spiro atoms. The minimum atomic E-state index is -5.73. The van der Waals surface area contributed by atoms with E-state index < -0.39 is 23.3 Å². The van der Waals surface area contributed by atoms with E-state index in [1.807, 2.05) is 0 Å². The van der Waals surface area contributed by atoms with Crippen LogP contribution in [0.2, 0.25) is 0 Å². The molecule has 0 aliphatic rings. The minimum Gasteiger partial charge on any atom is -0.197 e. The van der Waals surface area contributed by atoms with Crippen molar-refractivity contribution in [1.29, 1.82) is 5.26 Å². The summed E-state index contributed by atoms with van der Waals surface area (Å²) in [6.45, 7) is 0. The normalized spacial score (nSPS) is 13.2. The molecule has 1 nitrogen and oxygen atoms in total. The van der Waals surface area contributed by atoms with E-state index in [1.165, 1.54) is 6.07 Å². The number of nitriles is 1. The second kappa shape index (κ2) is 3.95. The van der Waals surface area contributed by atoms with E-state index in [4.69, 9.17) is 5.26 Å². The predicted octanol–water partition coefficient (Wildman–Crippen LogP) is 3.57. The number of hydrogen-bond acceptors (Lipinski definition) is 1. The number of hydrogen-bond donors (Lipinski definition) is 0. The van der Waals surface area contributed by atoms with Crippen molar-refractivity contribution in [3.05, 3.63) is 35.9 Å². The molecule has 0 aliphatic carbocycles. The van der Waals surface area contributed by atoms with E-state index in [0.29, 0.717) is 18.2 Å². The van der Waals surface area contributed by atoms with Crippen LogP contribution in [0.3, 0.4) is 0 Å². The highest BCUT2D eigenvalue weighted by Crippen LogP contribution is 2.51. The summed E-state index contributed by atoms with van der Waals surface area (Å²) >= 11 is 0. The third-order valence-corrected chi connectivity index (χ3v) is 2.22. The van der Waals surface area contributed by atoms with Gasteiger partial charge in [0.1, 0.15) is 0 Å². The monoisotopic (exact) mass is 253 g/mol. The maximum absolute atomic E-state index is 12.6. The lowest BCUT2D eigenvalue weighted by Gasteiger charge is -2.31. The Morgan fingerprint density at radius 1 is 0.824 bits per heavy atom. The zero-order chi connectivity index (χ0) is 13.3. The van der Waals surface area contributed by atoms with Gasteiger partial charge in [0.15, 0.2) is 0 Å². The molecule has 1 rings (SSSR count). The Labute approximate surface area is 92.3 Å². The fraction of sp³-hybridized carbons (Fsp3) is 0.300. The molecular formula is C10H5F6N. The summed E-state index contributed by atoms with van der Waals surface area (Å²) in [5.74, 6) is 0. The molecule has 17 heavy (non-hydrogen) atoms. The van der Waals surface area contributed by atoms with Gasteiger partial charge >= 0.3 is 12.4 Å². The highest BCUT2D eigenvalue weighted by atomic mass is 19.4. The SMILES string of the molecule is N#CC(c1ccccc1)(C(F)(F)F)C(F)(F)F. The van der Waals surface area contributed by atoms with Crippen LogP contribution in [-0.2, 0) is 5.41 Å². The van der Waals surface area contributed by atoms with Gasteiger partial charge in [0, 0.05) is 0 Å². The summed E-state index contributed by atoms with van der Waals surface area (Å²) in [5.41, 5.74) is -5.62. The first-order chi connectivity index (χ1) is 7.67. The average molecular weight is 253 g/mol. The van der Waals surface area contributed by atoms with Crippen LogP contribution in [0.25, 0.3) is 0 Å². The third kappa shape index (κ3) is 1.95. The van der Waals surface area contributed by atoms with Crippen molar-refractivity contribution in [2.45, 2.75) is 17.8 Å². The number of rotatable bonds is 1. The van der Waals surface area contributed by atoms with E-state index in [-0.39, 0.29) is 0 Å². The summed E-state index contributed by atoms with van der Waals surface area (Å²) in [6, 6.07) is 4.91. The van der Waals surface area contributed by atoms with Crippen LogP contribution >= 0.6 is 0 Å². The molecule has 0 unspecified atom stereocenters. The van der Waals surface area contributed by atoms with Crippen LogP contribution < -0.4 is 0 Å². The highest BCUT2D eigenvalue weighted by Gasteiger charge is 2.72. The number of halogens is 6. The molecule has 1 aromatic rings. The Kier molecular flexibility index (Phi) is 3.10. The summed E-state index contributed by atoms with van der Waals surface area (Å²) < 4.78 is 75.7. The summed E-state index contributed by atoms with van der Waals surface area (Å²) in [7, 11) is 0. The summed E-state index contributed by atoms with van der Waals surface area (Å²) in [5, 5.41) is 8.41. The van der Waals surface area contributed by atoms with E-state index >= 15 is 0 Å². The summed E-state index contributed by atoms with van der Waals surface area (Å²) in [6.07, 6.45) is -11.5. The topological polar surface area (TPSA) is 23.8 Å².